The topological polar surface area (TPSA) is 154 Å². The van der Waals surface area contributed by atoms with Crippen LogP contribution in [-0.2, 0) is 0 Å². The third-order valence-electron chi connectivity index (χ3n) is 11.1. The molecule has 0 bridgehead atoms. The molecule has 0 aliphatic rings. The predicted octanol–water partition coefficient (Wildman–Crippen LogP) is 9.11. The second-order valence-electron chi connectivity index (χ2n) is 15.8. The third kappa shape index (κ3) is 7.44. The molecule has 0 radical (unpaired) electrons. The van der Waals surface area contributed by atoms with Crippen molar-refractivity contribution in [2.75, 3.05) is 38.0 Å². The Kier molecular flexibility index (Phi) is 11.1. The molecule has 0 saturated carbocycles. The molecule has 0 amide bonds. The molecule has 14 nitrogen and oxygen atoms in total. The Morgan fingerprint density at radius 3 is 1.30 bits per heavy atom. The highest BCUT2D eigenvalue weighted by Crippen LogP contribution is 2.36. The van der Waals surface area contributed by atoms with E-state index in [1.807, 2.05) is 51.8 Å². The van der Waals surface area contributed by atoms with E-state index >= 15 is 0 Å². The summed E-state index contributed by atoms with van der Waals surface area (Å²) < 4.78 is 73.0. The van der Waals surface area contributed by atoms with E-state index in [1.165, 1.54) is 85.5 Å². The van der Waals surface area contributed by atoms with Gasteiger partial charge < -0.3 is 27.8 Å². The third-order valence-corrected chi connectivity index (χ3v) is 11.1. The van der Waals surface area contributed by atoms with E-state index in [2.05, 4.69) is 29.9 Å². The summed E-state index contributed by atoms with van der Waals surface area (Å²) in [5.41, 5.74) is 2.06. The zero-order valence-corrected chi connectivity index (χ0v) is 36.2. The van der Waals surface area contributed by atoms with E-state index in [-0.39, 0.29) is 44.6 Å². The lowest BCUT2D eigenvalue weighted by Crippen LogP contribution is -2.16. The lowest BCUT2D eigenvalue weighted by atomic mass is 9.99. The number of hydrogen-bond acceptors (Lipinski definition) is 12. The number of rotatable bonds is 8. The number of benzene rings is 4. The monoisotopic (exact) mass is 894 g/mol. The van der Waals surface area contributed by atoms with Crippen molar-refractivity contribution in [2.24, 2.45) is 0 Å². The average molecular weight is 895 g/mol. The van der Waals surface area contributed by atoms with E-state index in [9.17, 15) is 27.2 Å². The van der Waals surface area contributed by atoms with Crippen LogP contribution in [0.3, 0.4) is 0 Å². The van der Waals surface area contributed by atoms with Crippen molar-refractivity contribution in [3.05, 3.63) is 165 Å². The molecule has 66 heavy (non-hydrogen) atoms. The Morgan fingerprint density at radius 2 is 0.924 bits per heavy atom. The fraction of sp³-hybridized carbons (Fsp3) is 0.167. The van der Waals surface area contributed by atoms with Crippen LogP contribution in [-0.4, -0.2) is 67.2 Å². The number of imidazole rings is 2. The van der Waals surface area contributed by atoms with E-state index < -0.39 is 46.2 Å². The van der Waals surface area contributed by atoms with Gasteiger partial charge in [-0.3, -0.25) is 9.59 Å². The molecule has 0 saturated heterocycles. The smallest absolute Gasteiger partial charge is 0.203 e. The summed E-state index contributed by atoms with van der Waals surface area (Å²) in [6.07, 6.45) is 6.04. The van der Waals surface area contributed by atoms with Gasteiger partial charge in [-0.05, 0) is 73.5 Å². The maximum Gasteiger partial charge on any atom is 0.203 e. The molecule has 10 aromatic rings. The van der Waals surface area contributed by atoms with Crippen LogP contribution in [0.4, 0.5) is 29.2 Å². The Labute approximate surface area is 372 Å². The molecule has 0 N–H and O–H groups in total. The molecule has 0 aliphatic heterocycles. The lowest BCUT2D eigenvalue weighted by Gasteiger charge is -2.18. The van der Waals surface area contributed by atoms with E-state index in [0.29, 0.717) is 45.1 Å². The first-order valence-corrected chi connectivity index (χ1v) is 20.5. The largest absolute Gasteiger partial charge is 0.458 e. The minimum Gasteiger partial charge on any atom is -0.458 e. The number of nitrogens with zero attached hydrogens (tertiary/aromatic N) is 10. The number of fused-ring (bicyclic) bond motifs is 4. The van der Waals surface area contributed by atoms with Crippen LogP contribution < -0.4 is 20.7 Å². The molecule has 2 atom stereocenters. The number of hydrogen-bond donors (Lipinski definition) is 0. The molecular weight excluding hydrogens is 857 g/mol. The second kappa shape index (κ2) is 17.0. The summed E-state index contributed by atoms with van der Waals surface area (Å²) in [6, 6.07) is 18.4. The quantitative estimate of drug-likeness (QED) is 0.134. The van der Waals surface area contributed by atoms with Gasteiger partial charge in [0.15, 0.2) is 34.0 Å². The Bertz CT molecular complexity index is 3390. The van der Waals surface area contributed by atoms with Crippen molar-refractivity contribution >= 4 is 55.9 Å². The summed E-state index contributed by atoms with van der Waals surface area (Å²) in [5, 5.41) is -0.360. The molecule has 10 rings (SSSR count). The van der Waals surface area contributed by atoms with Crippen molar-refractivity contribution in [1.82, 2.24) is 39.0 Å². The van der Waals surface area contributed by atoms with Gasteiger partial charge in [0.25, 0.3) is 0 Å². The SMILES string of the molecule is CC(c1oc2cccc(F)c2c(=O)c1-c1cccc(F)c1)n1cnc2c(N(C)C)ncnc21.CC(c1oc2cccc(F)c2c(=O)c1-c1cccc(F)c1)n1cnc2c(N(C)C)ncnc21. The van der Waals surface area contributed by atoms with E-state index in [4.69, 9.17) is 8.83 Å². The van der Waals surface area contributed by atoms with Gasteiger partial charge in [0.2, 0.25) is 10.9 Å². The molecule has 0 fully saturated rings. The van der Waals surface area contributed by atoms with Gasteiger partial charge >= 0.3 is 0 Å². The zero-order chi connectivity index (χ0) is 46.6. The van der Waals surface area contributed by atoms with Crippen LogP contribution in [0.25, 0.3) is 66.5 Å². The Hall–Kier alpha value is -8.28. The molecule has 6 heterocycles. The summed E-state index contributed by atoms with van der Waals surface area (Å²) >= 11 is 0. The molecule has 332 valence electrons. The van der Waals surface area contributed by atoms with Crippen LogP contribution in [0.15, 0.2) is 129 Å². The maximum atomic E-state index is 14.6. The zero-order valence-electron chi connectivity index (χ0n) is 36.2. The van der Waals surface area contributed by atoms with Gasteiger partial charge in [0.1, 0.15) is 69.4 Å². The van der Waals surface area contributed by atoms with Crippen molar-refractivity contribution in [3.8, 4) is 22.3 Å². The van der Waals surface area contributed by atoms with Gasteiger partial charge in [0.05, 0.1) is 35.9 Å². The van der Waals surface area contributed by atoms with E-state index in [0.717, 1.165) is 0 Å². The minimum atomic E-state index is -0.699. The van der Waals surface area contributed by atoms with Crippen molar-refractivity contribution in [3.63, 3.8) is 0 Å². The standard InChI is InChI=1S/2C24H19F2N5O2/c2*1-13(31-12-29-20-23(30(2)3)27-11-28-24(20)31)22-18(14-6-4-7-15(25)10-14)21(32)19-16(26)8-5-9-17(19)33-22/h2*4-13H,1-3H3. The number of anilines is 2. The Morgan fingerprint density at radius 1 is 0.530 bits per heavy atom. The molecule has 4 aromatic carbocycles. The highest BCUT2D eigenvalue weighted by atomic mass is 19.1. The van der Waals surface area contributed by atoms with E-state index in [1.54, 1.807) is 33.9 Å². The van der Waals surface area contributed by atoms with Crippen LogP contribution in [0.2, 0.25) is 0 Å². The first-order valence-electron chi connectivity index (χ1n) is 20.5. The average Bonchev–Trinajstić information content (AvgIpc) is 3.94. The van der Waals surface area contributed by atoms with Crippen LogP contribution in [0.5, 0.6) is 0 Å². The highest BCUT2D eigenvalue weighted by molar-refractivity contribution is 5.87. The molecule has 18 heteroatoms. The van der Waals surface area contributed by atoms with Gasteiger partial charge in [-0.1, -0.05) is 36.4 Å². The second-order valence-corrected chi connectivity index (χ2v) is 15.8. The maximum absolute atomic E-state index is 14.6. The van der Waals surface area contributed by atoms with Crippen molar-refractivity contribution in [2.45, 2.75) is 25.9 Å². The number of aromatic nitrogens is 8. The lowest BCUT2D eigenvalue weighted by molar-refractivity contribution is 0.466. The summed E-state index contributed by atoms with van der Waals surface area (Å²) in [6.45, 7) is 3.62. The van der Waals surface area contributed by atoms with Crippen LogP contribution >= 0.6 is 0 Å². The summed E-state index contributed by atoms with van der Waals surface area (Å²) in [7, 11) is 7.40. The van der Waals surface area contributed by atoms with Gasteiger partial charge in [-0.2, -0.15) is 0 Å². The summed E-state index contributed by atoms with van der Waals surface area (Å²) in [4.78, 5) is 56.8. The fourth-order valence-electron chi connectivity index (χ4n) is 8.01. The summed E-state index contributed by atoms with van der Waals surface area (Å²) in [5.74, 6) is -0.673. The fourth-order valence-corrected chi connectivity index (χ4v) is 8.01. The Balaban J connectivity index is 0.000000166. The van der Waals surface area contributed by atoms with Gasteiger partial charge in [0, 0.05) is 28.2 Å². The van der Waals surface area contributed by atoms with Crippen LogP contribution in [0, 0.1) is 23.3 Å². The predicted molar refractivity (Wildman–Crippen MR) is 243 cm³/mol. The van der Waals surface area contributed by atoms with Crippen LogP contribution in [0.1, 0.15) is 37.5 Å². The normalized spacial score (nSPS) is 12.4. The molecule has 2 unspecified atom stereocenters. The van der Waals surface area contributed by atoms with Crippen molar-refractivity contribution < 1.29 is 26.4 Å². The van der Waals surface area contributed by atoms with Gasteiger partial charge in [-0.25, -0.2) is 47.5 Å². The first kappa shape index (κ1) is 43.0. The number of halogens is 4. The first-order chi connectivity index (χ1) is 31.7. The van der Waals surface area contributed by atoms with Gasteiger partial charge in [-0.15, -0.1) is 0 Å². The molecular formula is C48H38F4N10O4. The molecule has 0 aliphatic carbocycles. The molecule has 6 aromatic heterocycles. The molecule has 0 spiro atoms. The van der Waals surface area contributed by atoms with Crippen molar-refractivity contribution in [1.29, 1.82) is 0 Å². The highest BCUT2D eigenvalue weighted by Gasteiger charge is 2.28. The minimum absolute atomic E-state index is 0.0864.